The van der Waals surface area contributed by atoms with Crippen molar-refractivity contribution in [2.45, 2.75) is 6.10 Å². The van der Waals surface area contributed by atoms with Crippen LogP contribution in [0.2, 0.25) is 0 Å². The molecule has 0 bridgehead atoms. The molecule has 0 aromatic carbocycles. The van der Waals surface area contributed by atoms with Crippen LogP contribution in [0.1, 0.15) is 0 Å². The Balaban J connectivity index is 0. The largest absolute Gasteiger partial charge is 1.00 e. The molecule has 0 fully saturated rings. The van der Waals surface area contributed by atoms with Gasteiger partial charge >= 0.3 is 51.4 Å². The summed E-state index contributed by atoms with van der Waals surface area (Å²) in [5, 5.41) is 16.5. The molecule has 0 saturated heterocycles. The van der Waals surface area contributed by atoms with Crippen molar-refractivity contribution in [2.24, 2.45) is 0 Å². The minimum atomic E-state index is -0.822. The second-order valence-corrected chi connectivity index (χ2v) is 1.36. The van der Waals surface area contributed by atoms with Gasteiger partial charge in [-0.3, -0.25) is 0 Å². The molecule has 0 saturated carbocycles. The van der Waals surface area contributed by atoms with Crippen LogP contribution in [0, 0.1) is 0 Å². The van der Waals surface area contributed by atoms with Gasteiger partial charge in [-0.25, -0.2) is 0 Å². The molecule has 1 unspecified atom stereocenters. The maximum atomic E-state index is 8.42. The first kappa shape index (κ1) is 12.5. The van der Waals surface area contributed by atoms with E-state index in [-0.39, 0.29) is 64.6 Å². The summed E-state index contributed by atoms with van der Waals surface area (Å²) in [6.07, 6.45) is -0.822. The summed E-state index contributed by atoms with van der Waals surface area (Å²) < 4.78 is 4.07. The predicted octanol–water partition coefficient (Wildman–Crippen LogP) is -4.18. The van der Waals surface area contributed by atoms with Crippen molar-refractivity contribution in [3.8, 4) is 0 Å². The molecular weight excluding hydrogens is 155 g/mol. The van der Waals surface area contributed by atoms with Gasteiger partial charge in [0, 0.05) is 6.61 Å². The summed E-state index contributed by atoms with van der Waals surface area (Å²) in [4.78, 5) is 0. The van der Waals surface area contributed by atoms with E-state index >= 15 is 0 Å². The van der Waals surface area contributed by atoms with E-state index in [0.29, 0.717) is 0 Å². The van der Waals surface area contributed by atoms with E-state index in [1.807, 2.05) is 0 Å². The number of hydrogen-bond donors (Lipinski definition) is 2. The van der Waals surface area contributed by atoms with Crippen LogP contribution in [0.15, 0.2) is 0 Å². The Labute approximate surface area is 96.5 Å². The van der Waals surface area contributed by atoms with Gasteiger partial charge in [0.15, 0.2) is 0 Å². The predicted molar refractivity (Wildman–Crippen MR) is 26.4 cm³/mol. The third-order valence-electron chi connectivity index (χ3n) is 0.471. The van der Waals surface area contributed by atoms with Gasteiger partial charge in [-0.2, -0.15) is 0 Å². The molecule has 8 heavy (non-hydrogen) atoms. The Morgan fingerprint density at radius 3 is 2.25 bits per heavy atom. The van der Waals surface area contributed by atoms with Gasteiger partial charge in [0.25, 0.3) is 0 Å². The van der Waals surface area contributed by atoms with Gasteiger partial charge in [0.1, 0.15) is 0 Å². The Bertz CT molecular complexity index is 45.5. The Morgan fingerprint density at radius 1 is 1.62 bits per heavy atom. The molecule has 0 heterocycles. The van der Waals surface area contributed by atoms with E-state index < -0.39 is 6.10 Å². The van der Waals surface area contributed by atoms with Crippen molar-refractivity contribution >= 4 is 12.9 Å². The average Bonchev–Trinajstić information content (AvgIpc) is 1.68. The second-order valence-electron chi connectivity index (χ2n) is 1.12. The summed E-state index contributed by atoms with van der Waals surface area (Å²) in [5.41, 5.74) is 0. The average molecular weight is 162 g/mol. The molecule has 2 N–H and O–H groups in total. The fourth-order valence-corrected chi connectivity index (χ4v) is 0.288. The Hall–Kier alpha value is 1.87. The van der Waals surface area contributed by atoms with Crippen molar-refractivity contribution < 1.29 is 65.8 Å². The smallest absolute Gasteiger partial charge is 0.624 e. The molecule has 44 valence electrons. The zero-order valence-electron chi connectivity index (χ0n) is 4.70. The fourth-order valence-electron chi connectivity index (χ4n) is 0.131. The molecule has 0 aromatic rings. The summed E-state index contributed by atoms with van der Waals surface area (Å²) in [6.45, 7) is -0.275. The molecule has 3 nitrogen and oxygen atoms in total. The molecule has 0 radical (unpaired) electrons. The molecule has 0 spiro atoms. The number of aliphatic hydroxyl groups excluding tert-OH is 2. The zero-order valence-corrected chi connectivity index (χ0v) is 8.64. The molecule has 0 amide bonds. The Kier molecular flexibility index (Phi) is 13.9. The van der Waals surface area contributed by atoms with E-state index in [1.165, 1.54) is 0 Å². The van der Waals surface area contributed by atoms with E-state index in [2.05, 4.69) is 17.1 Å². The van der Waals surface area contributed by atoms with Gasteiger partial charge in [0.05, 0.1) is 12.7 Å². The number of aliphatic hydroxyl groups is 2. The van der Waals surface area contributed by atoms with Crippen molar-refractivity contribution in [3.05, 3.63) is 0 Å². The van der Waals surface area contributed by atoms with Crippen LogP contribution in [-0.2, 0) is 17.1 Å². The SMILES string of the molecule is OCC(O)CO[S-].[K+]. The first-order chi connectivity index (χ1) is 3.31. The molecule has 0 rings (SSSR count). The van der Waals surface area contributed by atoms with Crippen molar-refractivity contribution in [1.82, 2.24) is 0 Å². The first-order valence-corrected chi connectivity index (χ1v) is 2.18. The quantitative estimate of drug-likeness (QED) is 0.326. The van der Waals surface area contributed by atoms with Gasteiger partial charge in [-0.15, -0.1) is 0 Å². The van der Waals surface area contributed by atoms with E-state index in [0.717, 1.165) is 0 Å². The summed E-state index contributed by atoms with van der Waals surface area (Å²) in [6, 6.07) is 0. The molecule has 0 aliphatic carbocycles. The zero-order chi connectivity index (χ0) is 5.70. The topological polar surface area (TPSA) is 49.7 Å². The maximum absolute atomic E-state index is 8.42. The normalized spacial score (nSPS) is 12.4. The van der Waals surface area contributed by atoms with Crippen molar-refractivity contribution in [1.29, 1.82) is 0 Å². The molecule has 0 aliphatic heterocycles. The minimum absolute atomic E-state index is 0. The molecule has 0 aromatic heterocycles. The fraction of sp³-hybridized carbons (Fsp3) is 1.00. The van der Waals surface area contributed by atoms with E-state index in [9.17, 15) is 0 Å². The van der Waals surface area contributed by atoms with Gasteiger partial charge in [-0.1, -0.05) is 0 Å². The van der Waals surface area contributed by atoms with Crippen LogP contribution >= 0.6 is 0 Å². The second kappa shape index (κ2) is 8.87. The van der Waals surface area contributed by atoms with Crippen LogP contribution in [0.25, 0.3) is 0 Å². The maximum Gasteiger partial charge on any atom is 1.00 e. The van der Waals surface area contributed by atoms with E-state index in [4.69, 9.17) is 10.2 Å². The van der Waals surface area contributed by atoms with Gasteiger partial charge < -0.3 is 27.3 Å². The molecule has 0 aliphatic rings. The summed E-state index contributed by atoms with van der Waals surface area (Å²) in [5.74, 6) is 0. The van der Waals surface area contributed by atoms with Crippen LogP contribution in [-0.4, -0.2) is 29.5 Å². The van der Waals surface area contributed by atoms with Crippen LogP contribution < -0.4 is 51.4 Å². The van der Waals surface area contributed by atoms with Gasteiger partial charge in [0.2, 0.25) is 0 Å². The van der Waals surface area contributed by atoms with Crippen molar-refractivity contribution in [3.63, 3.8) is 0 Å². The summed E-state index contributed by atoms with van der Waals surface area (Å²) in [7, 11) is 0. The van der Waals surface area contributed by atoms with Crippen LogP contribution in [0.4, 0.5) is 0 Å². The van der Waals surface area contributed by atoms with Crippen LogP contribution in [0.5, 0.6) is 0 Å². The third-order valence-corrected chi connectivity index (χ3v) is 0.607. The van der Waals surface area contributed by atoms with Crippen LogP contribution in [0.3, 0.4) is 0 Å². The number of rotatable bonds is 3. The molecule has 1 atom stereocenters. The molecular formula is C3H7KO3S. The monoisotopic (exact) mass is 162 g/mol. The minimum Gasteiger partial charge on any atom is -0.624 e. The first-order valence-electron chi connectivity index (χ1n) is 1.85. The third kappa shape index (κ3) is 7.87. The molecule has 5 heteroatoms. The Morgan fingerprint density at radius 2 is 2.12 bits per heavy atom. The van der Waals surface area contributed by atoms with Gasteiger partial charge in [-0.05, 0) is 0 Å². The van der Waals surface area contributed by atoms with E-state index in [1.54, 1.807) is 0 Å². The summed E-state index contributed by atoms with van der Waals surface area (Å²) >= 11 is 4.02. The number of hydrogen-bond acceptors (Lipinski definition) is 4. The van der Waals surface area contributed by atoms with Crippen molar-refractivity contribution in [2.75, 3.05) is 13.2 Å². The standard InChI is InChI=1S/C3H8O3S.K/c4-1-3(5)2-6-7;/h3-5,7H,1-2H2;/q;+1/p-1.